The maximum Gasteiger partial charge on any atom is 0.250 e. The summed E-state index contributed by atoms with van der Waals surface area (Å²) < 4.78 is 22.6. The summed E-state index contributed by atoms with van der Waals surface area (Å²) in [5, 5.41) is 11.5. The molecule has 0 aliphatic carbocycles. The molecule has 0 saturated heterocycles. The minimum atomic E-state index is -0.301. The van der Waals surface area contributed by atoms with Crippen LogP contribution in [0, 0.1) is 6.92 Å². The maximum atomic E-state index is 13.1. The molecule has 1 aliphatic rings. The molecule has 0 fully saturated rings. The van der Waals surface area contributed by atoms with E-state index in [4.69, 9.17) is 36.1 Å². The number of ether oxygens (including phenoxy) is 4. The Bertz CT molecular complexity index is 1660. The number of hydrogen-bond acceptors (Lipinski definition) is 10. The van der Waals surface area contributed by atoms with Crippen LogP contribution in [0.1, 0.15) is 17.5 Å². The molecule has 0 radical (unpaired) electrons. The summed E-state index contributed by atoms with van der Waals surface area (Å²) in [5.41, 5.74) is 5.82. The Labute approximate surface area is 266 Å². The Morgan fingerprint density at radius 2 is 1.64 bits per heavy atom. The number of benzene rings is 3. The van der Waals surface area contributed by atoms with Gasteiger partial charge in [0, 0.05) is 23.4 Å². The van der Waals surface area contributed by atoms with E-state index >= 15 is 0 Å². The highest BCUT2D eigenvalue weighted by atomic mass is 32.2. The lowest BCUT2D eigenvalue weighted by Crippen LogP contribution is -2.33. The SMILES string of the molecule is COc1ccc2c(c1)CCCN2C(=S)SCC(=O)Nc1nnc(-c2ccc(C)cc2)c(-c2cc(OC)c(OC)c(OC)c2)n1. The van der Waals surface area contributed by atoms with Crippen molar-refractivity contribution < 1.29 is 23.7 Å². The smallest absolute Gasteiger partial charge is 0.250 e. The van der Waals surface area contributed by atoms with Gasteiger partial charge < -0.3 is 23.8 Å². The molecule has 12 heteroatoms. The summed E-state index contributed by atoms with van der Waals surface area (Å²) in [7, 11) is 6.30. The van der Waals surface area contributed by atoms with Crippen LogP contribution in [0.15, 0.2) is 54.6 Å². The molecule has 5 rings (SSSR count). The maximum absolute atomic E-state index is 13.1. The topological polar surface area (TPSA) is 108 Å². The molecular weight excluding hydrogens is 599 g/mol. The highest BCUT2D eigenvalue weighted by Gasteiger charge is 2.23. The third-order valence-electron chi connectivity index (χ3n) is 7.15. The molecule has 10 nitrogen and oxygen atoms in total. The number of rotatable bonds is 9. The van der Waals surface area contributed by atoms with Crippen LogP contribution >= 0.6 is 24.0 Å². The number of carbonyl (C=O) groups is 1. The van der Waals surface area contributed by atoms with Gasteiger partial charge in [-0.05, 0) is 55.7 Å². The van der Waals surface area contributed by atoms with E-state index in [0.29, 0.717) is 38.5 Å². The van der Waals surface area contributed by atoms with E-state index in [1.807, 2.05) is 49.4 Å². The molecule has 2 heterocycles. The Balaban J connectivity index is 1.38. The summed E-state index contributed by atoms with van der Waals surface area (Å²) in [5.74, 6) is 2.04. The number of thioether (sulfide) groups is 1. The number of nitrogens with zero attached hydrogens (tertiary/aromatic N) is 4. The quantitative estimate of drug-likeness (QED) is 0.221. The van der Waals surface area contributed by atoms with E-state index in [-0.39, 0.29) is 17.6 Å². The number of amides is 1. The predicted molar refractivity (Wildman–Crippen MR) is 177 cm³/mol. The zero-order valence-corrected chi connectivity index (χ0v) is 26.8. The summed E-state index contributed by atoms with van der Waals surface area (Å²) in [4.78, 5) is 19.9. The van der Waals surface area contributed by atoms with Crippen molar-refractivity contribution in [2.24, 2.45) is 0 Å². The van der Waals surface area contributed by atoms with E-state index < -0.39 is 0 Å². The van der Waals surface area contributed by atoms with Gasteiger partial charge in [0.05, 0.1) is 34.2 Å². The number of methoxy groups -OCH3 is 4. The average molecular weight is 632 g/mol. The number of fused-ring (bicyclic) bond motifs is 1. The standard InChI is InChI=1S/C32H33N5O5S2/c1-19-8-10-20(11-9-19)29-28(22-16-25(40-3)30(42-5)26(17-22)41-4)34-31(36-35-29)33-27(38)18-44-32(43)37-14-6-7-21-15-23(39-2)12-13-24(21)37/h8-13,15-17H,6-7,14,18H2,1-5H3,(H,33,34,36,38). The lowest BCUT2D eigenvalue weighted by Gasteiger charge is -2.31. The minimum absolute atomic E-state index is 0.0662. The van der Waals surface area contributed by atoms with E-state index in [1.165, 1.54) is 17.3 Å². The molecule has 0 bridgehead atoms. The number of nitrogens with one attached hydrogen (secondary N) is 1. The van der Waals surface area contributed by atoms with Gasteiger partial charge in [-0.1, -0.05) is 53.8 Å². The molecule has 1 N–H and O–H groups in total. The third kappa shape index (κ3) is 6.71. The van der Waals surface area contributed by atoms with Gasteiger partial charge in [-0.25, -0.2) is 4.98 Å². The number of thiocarbonyl (C=S) groups is 1. The number of hydrogen-bond donors (Lipinski definition) is 1. The molecule has 44 heavy (non-hydrogen) atoms. The first-order valence-corrected chi connectivity index (χ1v) is 15.3. The third-order valence-corrected chi connectivity index (χ3v) is 8.60. The van der Waals surface area contributed by atoms with Gasteiger partial charge in [0.15, 0.2) is 11.5 Å². The van der Waals surface area contributed by atoms with Gasteiger partial charge in [0.25, 0.3) is 0 Å². The summed E-state index contributed by atoms with van der Waals surface area (Å²) in [6, 6.07) is 17.4. The van der Waals surface area contributed by atoms with E-state index in [0.717, 1.165) is 42.0 Å². The van der Waals surface area contributed by atoms with Crippen molar-refractivity contribution in [3.05, 3.63) is 65.7 Å². The molecule has 1 amide bonds. The Morgan fingerprint density at radius 1 is 0.909 bits per heavy atom. The Morgan fingerprint density at radius 3 is 2.30 bits per heavy atom. The van der Waals surface area contributed by atoms with Crippen LogP contribution in [0.4, 0.5) is 11.6 Å². The van der Waals surface area contributed by atoms with Crippen LogP contribution in [-0.4, -0.2) is 66.1 Å². The fourth-order valence-electron chi connectivity index (χ4n) is 4.96. The minimum Gasteiger partial charge on any atom is -0.497 e. The zero-order valence-electron chi connectivity index (χ0n) is 25.2. The van der Waals surface area contributed by atoms with Crippen molar-refractivity contribution in [2.45, 2.75) is 19.8 Å². The number of aromatic nitrogens is 3. The lowest BCUT2D eigenvalue weighted by molar-refractivity contribution is -0.113. The fourth-order valence-corrected chi connectivity index (χ4v) is 6.00. The first-order chi connectivity index (χ1) is 21.3. The van der Waals surface area contributed by atoms with Crippen molar-refractivity contribution in [1.82, 2.24) is 15.2 Å². The highest BCUT2D eigenvalue weighted by molar-refractivity contribution is 8.23. The number of carbonyl (C=O) groups excluding carboxylic acids is 1. The van der Waals surface area contributed by atoms with Crippen LogP contribution in [0.5, 0.6) is 23.0 Å². The van der Waals surface area contributed by atoms with Gasteiger partial charge in [-0.15, -0.1) is 10.2 Å². The van der Waals surface area contributed by atoms with Crippen molar-refractivity contribution in [1.29, 1.82) is 0 Å². The summed E-state index contributed by atoms with van der Waals surface area (Å²) in [6.45, 7) is 2.80. The molecular formula is C32H33N5O5S2. The van der Waals surface area contributed by atoms with Crippen LogP contribution in [0.2, 0.25) is 0 Å². The molecule has 0 atom stereocenters. The lowest BCUT2D eigenvalue weighted by atomic mass is 10.0. The van der Waals surface area contributed by atoms with Crippen LogP contribution in [-0.2, 0) is 11.2 Å². The molecule has 1 aliphatic heterocycles. The van der Waals surface area contributed by atoms with Gasteiger partial charge in [0.1, 0.15) is 21.5 Å². The van der Waals surface area contributed by atoms with Crippen molar-refractivity contribution in [3.63, 3.8) is 0 Å². The van der Waals surface area contributed by atoms with Crippen molar-refractivity contribution >= 4 is 45.8 Å². The zero-order chi connectivity index (χ0) is 31.2. The number of aryl methyl sites for hydroxylation is 2. The van der Waals surface area contributed by atoms with E-state index in [1.54, 1.807) is 40.6 Å². The summed E-state index contributed by atoms with van der Waals surface area (Å²) >= 11 is 7.02. The van der Waals surface area contributed by atoms with Gasteiger partial charge >= 0.3 is 0 Å². The van der Waals surface area contributed by atoms with E-state index in [2.05, 4.69) is 20.4 Å². The van der Waals surface area contributed by atoms with Crippen LogP contribution in [0.3, 0.4) is 0 Å². The van der Waals surface area contributed by atoms with Crippen molar-refractivity contribution in [2.75, 3.05) is 51.0 Å². The van der Waals surface area contributed by atoms with Crippen LogP contribution < -0.4 is 29.2 Å². The first-order valence-electron chi connectivity index (χ1n) is 13.9. The van der Waals surface area contributed by atoms with Crippen molar-refractivity contribution in [3.8, 4) is 45.5 Å². The Hall–Kier alpha value is -4.42. The monoisotopic (exact) mass is 631 g/mol. The molecule has 0 unspecified atom stereocenters. The molecule has 0 saturated carbocycles. The average Bonchev–Trinajstić information content (AvgIpc) is 3.06. The molecule has 228 valence electrons. The second-order valence-corrected chi connectivity index (χ2v) is 11.6. The van der Waals surface area contributed by atoms with Gasteiger partial charge in [-0.3, -0.25) is 10.1 Å². The summed E-state index contributed by atoms with van der Waals surface area (Å²) in [6.07, 6.45) is 1.91. The molecule has 4 aromatic rings. The predicted octanol–water partition coefficient (Wildman–Crippen LogP) is 5.96. The number of anilines is 2. The molecule has 3 aromatic carbocycles. The van der Waals surface area contributed by atoms with Gasteiger partial charge in [-0.2, -0.15) is 0 Å². The molecule has 1 aromatic heterocycles. The molecule has 0 spiro atoms. The normalized spacial score (nSPS) is 12.2. The van der Waals surface area contributed by atoms with Gasteiger partial charge in [0.2, 0.25) is 17.6 Å². The fraction of sp³-hybridized carbons (Fsp3) is 0.281. The second kappa shape index (κ2) is 13.9. The van der Waals surface area contributed by atoms with Crippen LogP contribution in [0.25, 0.3) is 22.5 Å². The van der Waals surface area contributed by atoms with E-state index in [9.17, 15) is 4.79 Å². The second-order valence-electron chi connectivity index (χ2n) is 9.97. The Kier molecular flexibility index (Phi) is 9.81. The first kappa shape index (κ1) is 31.0. The largest absolute Gasteiger partial charge is 0.497 e. The highest BCUT2D eigenvalue weighted by Crippen LogP contribution is 2.42.